The molecule has 5 rings (SSSR count). The van der Waals surface area contributed by atoms with Crippen LogP contribution in [-0.2, 0) is 0 Å². The third kappa shape index (κ3) is 2.15. The summed E-state index contributed by atoms with van der Waals surface area (Å²) in [7, 11) is 0. The van der Waals surface area contributed by atoms with Crippen LogP contribution in [0, 0.1) is 0 Å². The summed E-state index contributed by atoms with van der Waals surface area (Å²) in [4.78, 5) is 14.4. The molecule has 0 amide bonds. The molecule has 2 aromatic carbocycles. The first-order chi connectivity index (χ1) is 12.7. The Morgan fingerprint density at radius 3 is 2.46 bits per heavy atom. The van der Waals surface area contributed by atoms with Crippen LogP contribution in [-0.4, -0.2) is 16.1 Å². The van der Waals surface area contributed by atoms with Crippen molar-refractivity contribution in [3.05, 3.63) is 78.1 Å². The molecule has 0 radical (unpaired) electrons. The quantitative estimate of drug-likeness (QED) is 0.638. The Bertz CT molecular complexity index is 994. The third-order valence-electron chi connectivity index (χ3n) is 5.01. The first kappa shape index (κ1) is 15.1. The van der Waals surface area contributed by atoms with Crippen molar-refractivity contribution in [3.63, 3.8) is 0 Å². The van der Waals surface area contributed by atoms with Crippen molar-refractivity contribution in [2.45, 2.75) is 25.9 Å². The van der Waals surface area contributed by atoms with Gasteiger partial charge in [-0.2, -0.15) is 0 Å². The number of hydrogen-bond acceptors (Lipinski definition) is 4. The zero-order valence-electron chi connectivity index (χ0n) is 14.9. The lowest BCUT2D eigenvalue weighted by molar-refractivity contribution is 0.804. The summed E-state index contributed by atoms with van der Waals surface area (Å²) in [5.74, 6) is 2.18. The second-order valence-corrected chi connectivity index (χ2v) is 7.00. The fourth-order valence-corrected chi connectivity index (χ4v) is 3.69. The van der Waals surface area contributed by atoms with E-state index in [1.54, 1.807) is 0 Å². The van der Waals surface area contributed by atoms with Crippen molar-refractivity contribution in [1.82, 2.24) is 9.97 Å². The molecule has 0 N–H and O–H groups in total. The zero-order valence-corrected chi connectivity index (χ0v) is 14.9. The summed E-state index contributed by atoms with van der Waals surface area (Å²) in [5, 5.41) is 0. The normalized spacial score (nSPS) is 17.3. The Morgan fingerprint density at radius 2 is 1.65 bits per heavy atom. The molecule has 2 aliphatic heterocycles. The predicted octanol–water partition coefficient (Wildman–Crippen LogP) is 5.24. The Kier molecular flexibility index (Phi) is 3.32. The Balaban J connectivity index is 1.75. The minimum Gasteiger partial charge on any atom is -0.298 e. The van der Waals surface area contributed by atoms with Gasteiger partial charge in [0.2, 0.25) is 0 Å². The highest BCUT2D eigenvalue weighted by atomic mass is 15.5. The SMILES string of the molecule is CC(C)c1cnc2c(n1)N1c3ccccc3C=CC1N2c1ccccc1. The fraction of sp³-hybridized carbons (Fsp3) is 0.182. The molecule has 1 atom stereocenters. The molecule has 0 saturated heterocycles. The molecule has 1 aromatic heterocycles. The van der Waals surface area contributed by atoms with E-state index in [0.717, 1.165) is 23.0 Å². The lowest BCUT2D eigenvalue weighted by atomic mass is 10.1. The monoisotopic (exact) mass is 340 g/mol. The van der Waals surface area contributed by atoms with E-state index in [1.807, 2.05) is 12.3 Å². The highest BCUT2D eigenvalue weighted by Gasteiger charge is 2.41. The summed E-state index contributed by atoms with van der Waals surface area (Å²) in [6, 6.07) is 18.9. The van der Waals surface area contributed by atoms with Crippen molar-refractivity contribution in [1.29, 1.82) is 0 Å². The maximum atomic E-state index is 5.00. The molecule has 2 aliphatic rings. The number of benzene rings is 2. The molecule has 4 heteroatoms. The first-order valence-corrected chi connectivity index (χ1v) is 9.02. The van der Waals surface area contributed by atoms with Gasteiger partial charge in [0.1, 0.15) is 6.17 Å². The van der Waals surface area contributed by atoms with Crippen LogP contribution in [0.1, 0.15) is 31.0 Å². The second kappa shape index (κ2) is 5.70. The standard InChI is InChI=1S/C22H20N4/c1-15(2)18-14-23-21-22(24-18)26-19-11-7-6-8-16(19)12-13-20(26)25(21)17-9-4-3-5-10-17/h3-15,20H,1-2H3. The van der Waals surface area contributed by atoms with Gasteiger partial charge < -0.3 is 0 Å². The molecule has 26 heavy (non-hydrogen) atoms. The van der Waals surface area contributed by atoms with E-state index >= 15 is 0 Å². The van der Waals surface area contributed by atoms with Gasteiger partial charge in [-0.3, -0.25) is 9.80 Å². The zero-order chi connectivity index (χ0) is 17.7. The van der Waals surface area contributed by atoms with E-state index < -0.39 is 0 Å². The number of aromatic nitrogens is 2. The van der Waals surface area contributed by atoms with E-state index in [1.165, 1.54) is 11.3 Å². The molecule has 3 aromatic rings. The molecule has 0 bridgehead atoms. The highest BCUT2D eigenvalue weighted by Crippen LogP contribution is 2.48. The molecule has 128 valence electrons. The van der Waals surface area contributed by atoms with Crippen LogP contribution in [0.5, 0.6) is 0 Å². The van der Waals surface area contributed by atoms with E-state index in [2.05, 4.69) is 84.3 Å². The second-order valence-electron chi connectivity index (χ2n) is 7.00. The Labute approximate surface area is 153 Å². The number of rotatable bonds is 2. The topological polar surface area (TPSA) is 32.3 Å². The van der Waals surface area contributed by atoms with Crippen molar-refractivity contribution in [3.8, 4) is 0 Å². The Morgan fingerprint density at radius 1 is 0.885 bits per heavy atom. The summed E-state index contributed by atoms with van der Waals surface area (Å²) >= 11 is 0. The van der Waals surface area contributed by atoms with E-state index in [-0.39, 0.29) is 6.17 Å². The largest absolute Gasteiger partial charge is 0.298 e. The van der Waals surface area contributed by atoms with Crippen LogP contribution >= 0.6 is 0 Å². The van der Waals surface area contributed by atoms with Gasteiger partial charge in [0.05, 0.1) is 17.6 Å². The summed E-state index contributed by atoms with van der Waals surface area (Å²) in [6.07, 6.45) is 6.38. The molecular weight excluding hydrogens is 320 g/mol. The van der Waals surface area contributed by atoms with Crippen molar-refractivity contribution < 1.29 is 0 Å². The maximum absolute atomic E-state index is 5.00. The number of nitrogens with zero attached hydrogens (tertiary/aromatic N) is 4. The number of hydrogen-bond donors (Lipinski definition) is 0. The van der Waals surface area contributed by atoms with Gasteiger partial charge in [-0.1, -0.05) is 56.3 Å². The molecular formula is C22H20N4. The Hall–Kier alpha value is -3.14. The number of fused-ring (bicyclic) bond motifs is 5. The van der Waals surface area contributed by atoms with Crippen molar-refractivity contribution in [2.75, 3.05) is 9.80 Å². The first-order valence-electron chi connectivity index (χ1n) is 9.02. The van der Waals surface area contributed by atoms with Crippen LogP contribution in [0.3, 0.4) is 0 Å². The summed E-state index contributed by atoms with van der Waals surface area (Å²) in [6.45, 7) is 4.31. The van der Waals surface area contributed by atoms with Crippen molar-refractivity contribution >= 4 is 29.1 Å². The highest BCUT2D eigenvalue weighted by molar-refractivity contribution is 5.89. The molecule has 0 fully saturated rings. The van der Waals surface area contributed by atoms with E-state index in [9.17, 15) is 0 Å². The van der Waals surface area contributed by atoms with Gasteiger partial charge >= 0.3 is 0 Å². The molecule has 1 unspecified atom stereocenters. The molecule has 4 nitrogen and oxygen atoms in total. The van der Waals surface area contributed by atoms with Crippen LogP contribution in [0.25, 0.3) is 6.08 Å². The van der Waals surface area contributed by atoms with Crippen molar-refractivity contribution in [2.24, 2.45) is 0 Å². The van der Waals surface area contributed by atoms with Crippen LogP contribution in [0.2, 0.25) is 0 Å². The molecule has 0 saturated carbocycles. The summed E-state index contributed by atoms with van der Waals surface area (Å²) in [5.41, 5.74) is 4.53. The average molecular weight is 340 g/mol. The van der Waals surface area contributed by atoms with Gasteiger partial charge in [0, 0.05) is 5.69 Å². The van der Waals surface area contributed by atoms with Gasteiger partial charge in [0.15, 0.2) is 11.6 Å². The average Bonchev–Trinajstić information content (AvgIpc) is 3.02. The lowest BCUT2D eigenvalue weighted by Gasteiger charge is -2.33. The summed E-state index contributed by atoms with van der Waals surface area (Å²) < 4.78 is 0. The van der Waals surface area contributed by atoms with Gasteiger partial charge in [0.25, 0.3) is 0 Å². The van der Waals surface area contributed by atoms with E-state index in [4.69, 9.17) is 9.97 Å². The van der Waals surface area contributed by atoms with E-state index in [0.29, 0.717) is 5.92 Å². The lowest BCUT2D eigenvalue weighted by Crippen LogP contribution is -2.38. The third-order valence-corrected chi connectivity index (χ3v) is 5.01. The fourth-order valence-electron chi connectivity index (χ4n) is 3.69. The maximum Gasteiger partial charge on any atom is 0.179 e. The smallest absolute Gasteiger partial charge is 0.179 e. The van der Waals surface area contributed by atoms with Gasteiger partial charge in [-0.25, -0.2) is 9.97 Å². The van der Waals surface area contributed by atoms with Gasteiger partial charge in [-0.15, -0.1) is 0 Å². The molecule has 3 heterocycles. The minimum absolute atomic E-state index is 0.0460. The van der Waals surface area contributed by atoms with Gasteiger partial charge in [-0.05, 0) is 35.8 Å². The number of anilines is 4. The molecule has 0 aliphatic carbocycles. The van der Waals surface area contributed by atoms with Crippen LogP contribution in [0.4, 0.5) is 23.0 Å². The number of para-hydroxylation sites is 2. The predicted molar refractivity (Wildman–Crippen MR) is 106 cm³/mol. The minimum atomic E-state index is 0.0460. The van der Waals surface area contributed by atoms with Crippen LogP contribution in [0.15, 0.2) is 66.9 Å². The molecule has 0 spiro atoms. The van der Waals surface area contributed by atoms with Crippen LogP contribution < -0.4 is 9.80 Å².